The second kappa shape index (κ2) is 6.16. The van der Waals surface area contributed by atoms with Gasteiger partial charge in [0.05, 0.1) is 24.8 Å². The average Bonchev–Trinajstić information content (AvgIpc) is 3.15. The molecule has 1 aromatic rings. The highest BCUT2D eigenvalue weighted by Gasteiger charge is 2.36. The molecular weight excluding hydrogens is 333 g/mol. The fourth-order valence-electron chi connectivity index (χ4n) is 2.89. The Morgan fingerprint density at radius 3 is 2.79 bits per heavy atom. The maximum absolute atomic E-state index is 15.0. The van der Waals surface area contributed by atoms with E-state index in [2.05, 4.69) is 4.99 Å². The Kier molecular flexibility index (Phi) is 4.19. The molecule has 0 radical (unpaired) electrons. The van der Waals surface area contributed by atoms with E-state index in [-0.39, 0.29) is 35.5 Å². The SMILES string of the molecule is COC1=C(C(=O)c2ccsc2)CC2=NC(C)=C(CC(=O)O)C2=C1F. The number of methoxy groups -OCH3 is 1. The third kappa shape index (κ3) is 2.60. The van der Waals surface area contributed by atoms with Crippen LogP contribution in [0, 0.1) is 0 Å². The fourth-order valence-corrected chi connectivity index (χ4v) is 3.53. The minimum Gasteiger partial charge on any atom is -0.493 e. The van der Waals surface area contributed by atoms with Crippen molar-refractivity contribution in [1.82, 2.24) is 0 Å². The number of hydrogen-bond donors (Lipinski definition) is 1. The van der Waals surface area contributed by atoms with Crippen molar-refractivity contribution in [2.75, 3.05) is 7.11 Å². The molecule has 0 saturated carbocycles. The summed E-state index contributed by atoms with van der Waals surface area (Å²) in [5.41, 5.74) is 1.97. The number of ether oxygens (including phenoxy) is 1. The Hall–Kier alpha value is -2.54. The van der Waals surface area contributed by atoms with Crippen molar-refractivity contribution in [3.63, 3.8) is 0 Å². The van der Waals surface area contributed by atoms with E-state index < -0.39 is 11.8 Å². The highest BCUT2D eigenvalue weighted by Crippen LogP contribution is 2.41. The number of carboxylic acid groups (broad SMARTS) is 1. The predicted molar refractivity (Wildman–Crippen MR) is 87.8 cm³/mol. The molecule has 2 heterocycles. The van der Waals surface area contributed by atoms with Crippen molar-refractivity contribution in [1.29, 1.82) is 0 Å². The summed E-state index contributed by atoms with van der Waals surface area (Å²) in [6, 6.07) is 1.67. The van der Waals surface area contributed by atoms with E-state index in [0.717, 1.165) is 0 Å². The maximum Gasteiger partial charge on any atom is 0.307 e. The van der Waals surface area contributed by atoms with Crippen LogP contribution < -0.4 is 0 Å². The van der Waals surface area contributed by atoms with Gasteiger partial charge in [-0.15, -0.1) is 0 Å². The number of rotatable bonds is 5. The van der Waals surface area contributed by atoms with Crippen molar-refractivity contribution in [3.05, 3.63) is 56.4 Å². The molecule has 24 heavy (non-hydrogen) atoms. The Balaban J connectivity index is 2.10. The number of Topliss-reactive ketones (excluding diaryl/α,β-unsaturated/α-hetero) is 1. The lowest BCUT2D eigenvalue weighted by Crippen LogP contribution is -2.19. The molecule has 0 saturated heterocycles. The third-order valence-electron chi connectivity index (χ3n) is 3.96. The summed E-state index contributed by atoms with van der Waals surface area (Å²) in [6.45, 7) is 1.64. The Morgan fingerprint density at radius 1 is 1.46 bits per heavy atom. The van der Waals surface area contributed by atoms with E-state index in [1.807, 2.05) is 0 Å². The van der Waals surface area contributed by atoms with Crippen LogP contribution in [0.2, 0.25) is 0 Å². The lowest BCUT2D eigenvalue weighted by Gasteiger charge is -2.20. The normalized spacial score (nSPS) is 17.2. The summed E-state index contributed by atoms with van der Waals surface area (Å²) in [6.07, 6.45) is -0.215. The molecule has 7 heteroatoms. The lowest BCUT2D eigenvalue weighted by molar-refractivity contribution is -0.136. The number of nitrogens with zero attached hydrogens (tertiary/aromatic N) is 1. The molecule has 1 N–H and O–H groups in total. The number of carbonyl (C=O) groups is 2. The van der Waals surface area contributed by atoms with Crippen LogP contribution >= 0.6 is 11.3 Å². The minimum atomic E-state index is -1.07. The molecule has 1 aromatic heterocycles. The Morgan fingerprint density at radius 2 is 2.21 bits per heavy atom. The van der Waals surface area contributed by atoms with E-state index >= 15 is 0 Å². The van der Waals surface area contributed by atoms with Gasteiger partial charge in [0, 0.05) is 28.6 Å². The molecule has 1 aliphatic carbocycles. The van der Waals surface area contributed by atoms with Gasteiger partial charge in [-0.2, -0.15) is 11.3 Å². The number of thiophene rings is 1. The molecule has 0 spiro atoms. The summed E-state index contributed by atoms with van der Waals surface area (Å²) in [7, 11) is 1.29. The third-order valence-corrected chi connectivity index (χ3v) is 4.64. The van der Waals surface area contributed by atoms with Crippen LogP contribution in [0.5, 0.6) is 0 Å². The molecule has 0 amide bonds. The zero-order valence-electron chi connectivity index (χ0n) is 13.1. The van der Waals surface area contributed by atoms with Crippen molar-refractivity contribution >= 4 is 28.8 Å². The van der Waals surface area contributed by atoms with Crippen LogP contribution in [0.3, 0.4) is 0 Å². The molecule has 0 fully saturated rings. The first kappa shape index (κ1) is 16.3. The van der Waals surface area contributed by atoms with Gasteiger partial charge in [0.25, 0.3) is 0 Å². The van der Waals surface area contributed by atoms with E-state index in [4.69, 9.17) is 9.84 Å². The molecule has 3 rings (SSSR count). The zero-order chi connectivity index (χ0) is 17.4. The van der Waals surface area contributed by atoms with E-state index in [9.17, 15) is 14.0 Å². The number of carboxylic acids is 1. The molecule has 0 atom stereocenters. The first-order valence-electron chi connectivity index (χ1n) is 7.18. The van der Waals surface area contributed by atoms with E-state index in [0.29, 0.717) is 22.5 Å². The number of ketones is 1. The van der Waals surface area contributed by atoms with Crippen molar-refractivity contribution in [2.45, 2.75) is 19.8 Å². The molecule has 0 unspecified atom stereocenters. The average molecular weight is 347 g/mol. The molecule has 2 aliphatic rings. The number of hydrogen-bond acceptors (Lipinski definition) is 5. The number of carbonyl (C=O) groups excluding carboxylic acids is 1. The van der Waals surface area contributed by atoms with Crippen molar-refractivity contribution in [2.24, 2.45) is 4.99 Å². The van der Waals surface area contributed by atoms with Gasteiger partial charge >= 0.3 is 5.97 Å². The summed E-state index contributed by atoms with van der Waals surface area (Å²) in [5.74, 6) is -2.24. The van der Waals surface area contributed by atoms with Gasteiger partial charge in [-0.1, -0.05) is 0 Å². The Labute approximate surface area is 141 Å². The van der Waals surface area contributed by atoms with E-state index in [1.165, 1.54) is 18.4 Å². The van der Waals surface area contributed by atoms with Crippen LogP contribution in [0.1, 0.15) is 30.1 Å². The first-order valence-corrected chi connectivity index (χ1v) is 8.12. The molecule has 0 aromatic carbocycles. The van der Waals surface area contributed by atoms with Crippen molar-refractivity contribution in [3.8, 4) is 0 Å². The standard InChI is InChI=1S/C17H14FNO4S/c1-8-10(6-13(20)21)14-12(19-8)5-11(17(23-2)15(14)18)16(22)9-3-4-24-7-9/h3-4,7H,5-6H2,1-2H3,(H,20,21). The van der Waals surface area contributed by atoms with Crippen LogP contribution in [-0.4, -0.2) is 29.7 Å². The van der Waals surface area contributed by atoms with Gasteiger partial charge in [-0.05, 0) is 23.9 Å². The minimum absolute atomic E-state index is 0.112. The first-order chi connectivity index (χ1) is 11.4. The van der Waals surface area contributed by atoms with Gasteiger partial charge in [-0.25, -0.2) is 4.39 Å². The van der Waals surface area contributed by atoms with Gasteiger partial charge in [0.2, 0.25) is 0 Å². The van der Waals surface area contributed by atoms with Gasteiger partial charge < -0.3 is 9.84 Å². The monoisotopic (exact) mass is 347 g/mol. The number of aliphatic imine (C=N–C) groups is 1. The van der Waals surface area contributed by atoms with E-state index in [1.54, 1.807) is 23.8 Å². The summed E-state index contributed by atoms with van der Waals surface area (Å²) >= 11 is 1.37. The van der Waals surface area contributed by atoms with Gasteiger partial charge in [-0.3, -0.25) is 14.6 Å². The number of fused-ring (bicyclic) bond motifs is 1. The second-order valence-electron chi connectivity index (χ2n) is 5.41. The molecule has 0 bridgehead atoms. The molecule has 124 valence electrons. The second-order valence-corrected chi connectivity index (χ2v) is 6.19. The number of allylic oxidation sites excluding steroid dienone is 4. The van der Waals surface area contributed by atoms with Crippen molar-refractivity contribution < 1.29 is 23.8 Å². The highest BCUT2D eigenvalue weighted by molar-refractivity contribution is 7.08. The summed E-state index contributed by atoms with van der Waals surface area (Å²) in [5, 5.41) is 12.5. The lowest BCUT2D eigenvalue weighted by atomic mass is 9.86. The molecule has 5 nitrogen and oxygen atoms in total. The molecule has 1 aliphatic heterocycles. The van der Waals surface area contributed by atoms with Gasteiger partial charge in [0.1, 0.15) is 0 Å². The largest absolute Gasteiger partial charge is 0.493 e. The van der Waals surface area contributed by atoms with Crippen LogP contribution in [0.4, 0.5) is 4.39 Å². The van der Waals surface area contributed by atoms with Crippen LogP contribution in [0.25, 0.3) is 0 Å². The predicted octanol–water partition coefficient (Wildman–Crippen LogP) is 3.66. The molecular formula is C17H14FNO4S. The maximum atomic E-state index is 15.0. The fraction of sp³-hybridized carbons (Fsp3) is 0.235. The van der Waals surface area contributed by atoms with Gasteiger partial charge in [0.15, 0.2) is 17.4 Å². The van der Waals surface area contributed by atoms with Crippen LogP contribution in [-0.2, 0) is 9.53 Å². The number of halogens is 1. The topological polar surface area (TPSA) is 76.0 Å². The summed E-state index contributed by atoms with van der Waals surface area (Å²) in [4.78, 5) is 27.9. The highest BCUT2D eigenvalue weighted by atomic mass is 32.1. The zero-order valence-corrected chi connectivity index (χ0v) is 13.9. The quantitative estimate of drug-likeness (QED) is 0.825. The smallest absolute Gasteiger partial charge is 0.307 e. The number of aliphatic carboxylic acids is 1. The Bertz CT molecular complexity index is 859. The summed E-state index contributed by atoms with van der Waals surface area (Å²) < 4.78 is 20.1. The van der Waals surface area contributed by atoms with Crippen LogP contribution in [0.15, 0.2) is 55.8 Å².